The summed E-state index contributed by atoms with van der Waals surface area (Å²) in [6.45, 7) is 1.96. The van der Waals surface area contributed by atoms with Gasteiger partial charge in [-0.15, -0.1) is 0 Å². The molecule has 1 saturated heterocycles. The Morgan fingerprint density at radius 2 is 1.79 bits per heavy atom. The highest BCUT2D eigenvalue weighted by molar-refractivity contribution is 7.91. The van der Waals surface area contributed by atoms with Crippen molar-refractivity contribution in [2.45, 2.75) is 19.3 Å². The molecule has 1 amide bonds. The van der Waals surface area contributed by atoms with Crippen LogP contribution in [0.1, 0.15) is 24.8 Å². The highest BCUT2D eigenvalue weighted by atomic mass is 32.2. The summed E-state index contributed by atoms with van der Waals surface area (Å²) in [6, 6.07) is 11.2. The van der Waals surface area contributed by atoms with E-state index < -0.39 is 27.4 Å². The van der Waals surface area contributed by atoms with E-state index in [1.165, 1.54) is 4.90 Å². The number of hydrogen-bond acceptors (Lipinski definition) is 5. The van der Waals surface area contributed by atoms with Crippen LogP contribution in [0.15, 0.2) is 30.3 Å². The molecule has 128 valence electrons. The van der Waals surface area contributed by atoms with Gasteiger partial charge in [-0.2, -0.15) is 5.26 Å². The first-order chi connectivity index (χ1) is 11.3. The van der Waals surface area contributed by atoms with E-state index in [0.29, 0.717) is 0 Å². The average Bonchev–Trinajstić information content (AvgIpc) is 2.56. The summed E-state index contributed by atoms with van der Waals surface area (Å²) < 4.78 is 22.8. The molecule has 2 atom stereocenters. The average molecular weight is 348 g/mol. The fourth-order valence-electron chi connectivity index (χ4n) is 2.70. The highest BCUT2D eigenvalue weighted by Gasteiger charge is 2.34. The molecule has 24 heavy (non-hydrogen) atoms. The lowest BCUT2D eigenvalue weighted by Crippen LogP contribution is -2.47. The Hall–Kier alpha value is -2.20. The lowest BCUT2D eigenvalue weighted by atomic mass is 9.90. The number of nitrogens with zero attached hydrogens (tertiary/aromatic N) is 2. The molecule has 0 bridgehead atoms. The molecule has 0 radical (unpaired) electrons. The summed E-state index contributed by atoms with van der Waals surface area (Å²) in [5, 5.41) is 9.25. The molecule has 0 aliphatic carbocycles. The number of rotatable bonds is 5. The summed E-state index contributed by atoms with van der Waals surface area (Å²) in [5.74, 6) is -2.71. The number of benzene rings is 1. The van der Waals surface area contributed by atoms with Gasteiger partial charge in [-0.05, 0) is 11.5 Å². The molecule has 6 nitrogen and oxygen atoms in total. The Labute approximate surface area is 142 Å². The van der Waals surface area contributed by atoms with Crippen LogP contribution in [-0.4, -0.2) is 49.6 Å². The second kappa shape index (κ2) is 7.58. The summed E-state index contributed by atoms with van der Waals surface area (Å²) in [4.78, 5) is 26.1. The molecule has 0 N–H and O–H groups in total. The van der Waals surface area contributed by atoms with Gasteiger partial charge in [-0.3, -0.25) is 9.59 Å². The van der Waals surface area contributed by atoms with E-state index in [1.54, 1.807) is 6.07 Å². The molecule has 1 aliphatic rings. The molecule has 1 aliphatic heterocycles. The Balaban J connectivity index is 2.01. The van der Waals surface area contributed by atoms with Gasteiger partial charge in [-0.1, -0.05) is 37.3 Å². The number of nitriles is 1. The van der Waals surface area contributed by atoms with Gasteiger partial charge in [0.05, 0.1) is 17.6 Å². The first-order valence-electron chi connectivity index (χ1n) is 7.80. The molecule has 0 unspecified atom stereocenters. The van der Waals surface area contributed by atoms with Gasteiger partial charge in [-0.25, -0.2) is 8.42 Å². The minimum atomic E-state index is -3.12. The number of carbonyl (C=O) groups excluding carboxylic acids is 2. The largest absolute Gasteiger partial charge is 0.339 e. The van der Waals surface area contributed by atoms with Crippen molar-refractivity contribution in [3.8, 4) is 6.07 Å². The predicted molar refractivity (Wildman–Crippen MR) is 88.8 cm³/mol. The van der Waals surface area contributed by atoms with Gasteiger partial charge in [0.2, 0.25) is 5.91 Å². The Bertz CT molecular complexity index is 739. The van der Waals surface area contributed by atoms with Gasteiger partial charge in [0.1, 0.15) is 0 Å². The predicted octanol–water partition coefficient (Wildman–Crippen LogP) is 1.15. The number of amides is 1. The molecule has 2 rings (SSSR count). The van der Waals surface area contributed by atoms with Crippen LogP contribution in [0.5, 0.6) is 0 Å². The van der Waals surface area contributed by atoms with E-state index in [2.05, 4.69) is 0 Å². The molecular formula is C17H20N2O4S. The summed E-state index contributed by atoms with van der Waals surface area (Å²) in [7, 11) is -3.12. The molecule has 0 saturated carbocycles. The van der Waals surface area contributed by atoms with Crippen molar-refractivity contribution in [1.82, 2.24) is 4.90 Å². The summed E-state index contributed by atoms with van der Waals surface area (Å²) >= 11 is 0. The third kappa shape index (κ3) is 4.42. The van der Waals surface area contributed by atoms with Gasteiger partial charge in [0.25, 0.3) is 0 Å². The van der Waals surface area contributed by atoms with E-state index in [0.717, 1.165) is 5.56 Å². The zero-order valence-electron chi connectivity index (χ0n) is 13.5. The zero-order valence-corrected chi connectivity index (χ0v) is 14.3. The molecule has 1 fully saturated rings. The number of ketones is 1. The highest BCUT2D eigenvalue weighted by Crippen LogP contribution is 2.21. The van der Waals surface area contributed by atoms with E-state index in [1.807, 2.05) is 37.3 Å². The zero-order chi connectivity index (χ0) is 17.7. The van der Waals surface area contributed by atoms with Crippen molar-refractivity contribution in [1.29, 1.82) is 5.26 Å². The van der Waals surface area contributed by atoms with Crippen molar-refractivity contribution in [2.24, 2.45) is 5.92 Å². The monoisotopic (exact) mass is 348 g/mol. The van der Waals surface area contributed by atoms with E-state index in [-0.39, 0.29) is 36.9 Å². The molecule has 1 aromatic rings. The topological polar surface area (TPSA) is 95.3 Å². The quantitative estimate of drug-likeness (QED) is 0.744. The van der Waals surface area contributed by atoms with E-state index >= 15 is 0 Å². The molecule has 0 aromatic heterocycles. The van der Waals surface area contributed by atoms with Crippen molar-refractivity contribution in [2.75, 3.05) is 24.6 Å². The minimum Gasteiger partial charge on any atom is -0.339 e. The Kier molecular flexibility index (Phi) is 5.73. The van der Waals surface area contributed by atoms with Crippen LogP contribution < -0.4 is 0 Å². The van der Waals surface area contributed by atoms with Crippen molar-refractivity contribution < 1.29 is 18.0 Å². The third-order valence-electron chi connectivity index (χ3n) is 4.23. The van der Waals surface area contributed by atoms with Gasteiger partial charge in [0, 0.05) is 19.5 Å². The molecule has 1 aromatic carbocycles. The second-order valence-corrected chi connectivity index (χ2v) is 8.33. The van der Waals surface area contributed by atoms with Crippen molar-refractivity contribution in [3.63, 3.8) is 0 Å². The SMILES string of the molecule is C[C@H](CC(=O)[C@@H](C#N)C(=O)N1CCS(=O)(=O)CC1)c1ccccc1. The third-order valence-corrected chi connectivity index (χ3v) is 5.84. The fraction of sp³-hybridized carbons (Fsp3) is 0.471. The smallest absolute Gasteiger partial charge is 0.247 e. The van der Waals surface area contributed by atoms with Crippen LogP contribution in [0.4, 0.5) is 0 Å². The molecule has 0 spiro atoms. The minimum absolute atomic E-state index is 0.0425. The van der Waals surface area contributed by atoms with Crippen LogP contribution >= 0.6 is 0 Å². The van der Waals surface area contributed by atoms with E-state index in [9.17, 15) is 23.3 Å². The molecular weight excluding hydrogens is 328 g/mol. The first-order valence-corrected chi connectivity index (χ1v) is 9.62. The Morgan fingerprint density at radius 3 is 2.33 bits per heavy atom. The standard InChI is InChI=1S/C17H20N2O4S/c1-13(14-5-3-2-4-6-14)11-16(20)15(12-18)17(21)19-7-9-24(22,23)10-8-19/h2-6,13,15H,7-11H2,1H3/t13-,15-/m1/s1. The van der Waals surface area contributed by atoms with Crippen LogP contribution in [0.25, 0.3) is 0 Å². The van der Waals surface area contributed by atoms with Crippen LogP contribution in [0.2, 0.25) is 0 Å². The summed E-state index contributed by atoms with van der Waals surface area (Å²) in [6.07, 6.45) is 0.0973. The normalized spacial score (nSPS) is 19.1. The van der Waals surface area contributed by atoms with Crippen LogP contribution in [0.3, 0.4) is 0 Å². The first kappa shape index (κ1) is 18.1. The fourth-order valence-corrected chi connectivity index (χ4v) is 3.90. The number of sulfone groups is 1. The van der Waals surface area contributed by atoms with Crippen LogP contribution in [-0.2, 0) is 19.4 Å². The van der Waals surface area contributed by atoms with Crippen LogP contribution in [0, 0.1) is 17.2 Å². The van der Waals surface area contributed by atoms with Gasteiger partial charge in [0.15, 0.2) is 21.5 Å². The maximum absolute atomic E-state index is 12.4. The number of carbonyl (C=O) groups is 2. The van der Waals surface area contributed by atoms with Crippen molar-refractivity contribution >= 4 is 21.5 Å². The number of hydrogen-bond donors (Lipinski definition) is 0. The van der Waals surface area contributed by atoms with Gasteiger partial charge < -0.3 is 4.90 Å². The lowest BCUT2D eigenvalue weighted by Gasteiger charge is -2.28. The summed E-state index contributed by atoms with van der Waals surface area (Å²) in [5.41, 5.74) is 0.971. The second-order valence-electron chi connectivity index (χ2n) is 6.02. The van der Waals surface area contributed by atoms with Gasteiger partial charge >= 0.3 is 0 Å². The maximum Gasteiger partial charge on any atom is 0.247 e. The molecule has 7 heteroatoms. The lowest BCUT2D eigenvalue weighted by molar-refractivity contribution is -0.138. The van der Waals surface area contributed by atoms with E-state index in [4.69, 9.17) is 0 Å². The maximum atomic E-state index is 12.4. The number of Topliss-reactive ketones (excluding diaryl/α,β-unsaturated/α-hetero) is 1. The Morgan fingerprint density at radius 1 is 1.21 bits per heavy atom. The van der Waals surface area contributed by atoms with Crippen molar-refractivity contribution in [3.05, 3.63) is 35.9 Å². The molecule has 1 heterocycles.